The molecule has 0 aliphatic heterocycles. The van der Waals surface area contributed by atoms with Crippen LogP contribution < -0.4 is 4.74 Å². The molecule has 2 rings (SSSR count). The molecular weight excluding hydrogens is 236 g/mol. The molecule has 0 aliphatic carbocycles. The Kier molecular flexibility index (Phi) is 2.79. The highest BCUT2D eigenvalue weighted by Crippen LogP contribution is 2.33. The quantitative estimate of drug-likeness (QED) is 0.900. The van der Waals surface area contributed by atoms with Gasteiger partial charge in [-0.05, 0) is 18.2 Å². The number of thiophene rings is 1. The predicted octanol–water partition coefficient (Wildman–Crippen LogP) is 3.02. The lowest BCUT2D eigenvalue weighted by Crippen LogP contribution is -2.08. The van der Waals surface area contributed by atoms with Crippen LogP contribution in [0.3, 0.4) is 0 Å². The van der Waals surface area contributed by atoms with Crippen molar-refractivity contribution in [3.8, 4) is 5.75 Å². The Morgan fingerprint density at radius 1 is 1.53 bits per heavy atom. The maximum atomic E-state index is 10.3. The van der Waals surface area contributed by atoms with Crippen molar-refractivity contribution in [3.63, 3.8) is 0 Å². The summed E-state index contributed by atoms with van der Waals surface area (Å²) >= 11 is 7.34. The maximum absolute atomic E-state index is 10.3. The fourth-order valence-electron chi connectivity index (χ4n) is 1.23. The molecule has 0 unspecified atom stereocenters. The molecule has 0 atom stereocenters. The van der Waals surface area contributed by atoms with Crippen LogP contribution in [0.2, 0.25) is 5.02 Å². The number of carboxylic acid groups (broad SMARTS) is 1. The zero-order chi connectivity index (χ0) is 10.8. The first kappa shape index (κ1) is 10.3. The van der Waals surface area contributed by atoms with E-state index in [9.17, 15) is 4.79 Å². The number of ether oxygens (including phenoxy) is 1. The summed E-state index contributed by atoms with van der Waals surface area (Å²) in [5, 5.41) is 11.7. The van der Waals surface area contributed by atoms with Crippen molar-refractivity contribution in [2.24, 2.45) is 0 Å². The molecule has 1 N–H and O–H groups in total. The van der Waals surface area contributed by atoms with Crippen LogP contribution in [0.4, 0.5) is 0 Å². The highest BCUT2D eigenvalue weighted by Gasteiger charge is 2.07. The summed E-state index contributed by atoms with van der Waals surface area (Å²) in [6.45, 7) is -0.335. The Morgan fingerprint density at radius 2 is 2.33 bits per heavy atom. The monoisotopic (exact) mass is 242 g/mol. The molecule has 0 radical (unpaired) electrons. The minimum absolute atomic E-state index is 0.335. The Bertz CT molecular complexity index is 506. The molecule has 0 amide bonds. The van der Waals surface area contributed by atoms with Crippen LogP contribution in [-0.2, 0) is 4.79 Å². The molecule has 0 fully saturated rings. The van der Waals surface area contributed by atoms with E-state index in [1.165, 1.54) is 11.3 Å². The normalized spacial score (nSPS) is 10.5. The highest BCUT2D eigenvalue weighted by atomic mass is 35.5. The van der Waals surface area contributed by atoms with Gasteiger partial charge < -0.3 is 9.84 Å². The van der Waals surface area contributed by atoms with E-state index in [2.05, 4.69) is 0 Å². The van der Waals surface area contributed by atoms with E-state index in [0.717, 1.165) is 10.1 Å². The molecule has 1 aromatic carbocycles. The number of benzene rings is 1. The smallest absolute Gasteiger partial charge is 0.341 e. The second-order valence-electron chi connectivity index (χ2n) is 2.92. The topological polar surface area (TPSA) is 46.5 Å². The highest BCUT2D eigenvalue weighted by molar-refractivity contribution is 7.17. The summed E-state index contributed by atoms with van der Waals surface area (Å²) in [4.78, 5) is 10.3. The van der Waals surface area contributed by atoms with Gasteiger partial charge in [0.2, 0.25) is 0 Å². The lowest BCUT2D eigenvalue weighted by Gasteiger charge is -2.00. The Balaban J connectivity index is 2.35. The van der Waals surface area contributed by atoms with E-state index in [0.29, 0.717) is 10.8 Å². The molecule has 1 aromatic heterocycles. The first-order chi connectivity index (χ1) is 7.16. The van der Waals surface area contributed by atoms with E-state index in [-0.39, 0.29) is 6.61 Å². The molecule has 5 heteroatoms. The summed E-state index contributed by atoms with van der Waals surface area (Å²) in [6.07, 6.45) is 0. The van der Waals surface area contributed by atoms with Gasteiger partial charge >= 0.3 is 5.97 Å². The Morgan fingerprint density at radius 3 is 3.07 bits per heavy atom. The van der Waals surface area contributed by atoms with Gasteiger partial charge in [-0.25, -0.2) is 4.79 Å². The number of carbonyl (C=O) groups is 1. The predicted molar refractivity (Wildman–Crippen MR) is 60.0 cm³/mol. The van der Waals surface area contributed by atoms with Crippen molar-refractivity contribution in [3.05, 3.63) is 28.6 Å². The van der Waals surface area contributed by atoms with Crippen LogP contribution >= 0.6 is 22.9 Å². The molecule has 15 heavy (non-hydrogen) atoms. The molecule has 0 bridgehead atoms. The molecule has 3 nitrogen and oxygen atoms in total. The van der Waals surface area contributed by atoms with Gasteiger partial charge in [0.25, 0.3) is 0 Å². The van der Waals surface area contributed by atoms with Gasteiger partial charge in [0.15, 0.2) is 6.61 Å². The van der Waals surface area contributed by atoms with E-state index in [4.69, 9.17) is 21.4 Å². The van der Waals surface area contributed by atoms with Crippen LogP contribution in [-0.4, -0.2) is 17.7 Å². The first-order valence-electron chi connectivity index (χ1n) is 4.18. The molecule has 0 spiro atoms. The lowest BCUT2D eigenvalue weighted by molar-refractivity contribution is -0.139. The van der Waals surface area contributed by atoms with Gasteiger partial charge in [-0.2, -0.15) is 0 Å². The van der Waals surface area contributed by atoms with Crippen molar-refractivity contribution < 1.29 is 14.6 Å². The van der Waals surface area contributed by atoms with Crippen molar-refractivity contribution in [1.29, 1.82) is 0 Å². The lowest BCUT2D eigenvalue weighted by atomic mass is 10.2. The molecular formula is C10H7ClO3S. The van der Waals surface area contributed by atoms with Gasteiger partial charge in [-0.3, -0.25) is 0 Å². The third-order valence-electron chi connectivity index (χ3n) is 1.85. The van der Waals surface area contributed by atoms with Crippen LogP contribution in [0.25, 0.3) is 10.1 Å². The second-order valence-corrected chi connectivity index (χ2v) is 4.27. The fraction of sp³-hybridized carbons (Fsp3) is 0.100. The van der Waals surface area contributed by atoms with Crippen LogP contribution in [0, 0.1) is 0 Å². The number of fused-ring (bicyclic) bond motifs is 1. The first-order valence-corrected chi connectivity index (χ1v) is 5.44. The summed E-state index contributed by atoms with van der Waals surface area (Å²) in [7, 11) is 0. The van der Waals surface area contributed by atoms with Gasteiger partial charge in [0.05, 0.1) is 0 Å². The van der Waals surface area contributed by atoms with Crippen molar-refractivity contribution in [2.75, 3.05) is 6.61 Å². The van der Waals surface area contributed by atoms with Crippen LogP contribution in [0.5, 0.6) is 5.75 Å². The van der Waals surface area contributed by atoms with Gasteiger partial charge in [0, 0.05) is 20.5 Å². The van der Waals surface area contributed by atoms with Gasteiger partial charge in [-0.15, -0.1) is 11.3 Å². The molecule has 0 saturated heterocycles. The number of carboxylic acids is 1. The molecule has 1 heterocycles. The minimum atomic E-state index is -0.989. The van der Waals surface area contributed by atoms with Gasteiger partial charge in [0.1, 0.15) is 5.75 Å². The minimum Gasteiger partial charge on any atom is -0.480 e. The summed E-state index contributed by atoms with van der Waals surface area (Å²) in [5.74, 6) is -0.420. The molecule has 0 aliphatic rings. The SMILES string of the molecule is O=C(O)COc1csc2ccc(Cl)cc12. The third-order valence-corrected chi connectivity index (χ3v) is 3.03. The van der Waals surface area contributed by atoms with Crippen molar-refractivity contribution in [1.82, 2.24) is 0 Å². The number of aliphatic carboxylic acids is 1. The van der Waals surface area contributed by atoms with Gasteiger partial charge in [-0.1, -0.05) is 11.6 Å². The van der Waals surface area contributed by atoms with Crippen LogP contribution in [0.1, 0.15) is 0 Å². The van der Waals surface area contributed by atoms with E-state index in [1.54, 1.807) is 17.5 Å². The van der Waals surface area contributed by atoms with E-state index >= 15 is 0 Å². The number of halogens is 1. The summed E-state index contributed by atoms with van der Waals surface area (Å²) < 4.78 is 6.16. The summed E-state index contributed by atoms with van der Waals surface area (Å²) in [6, 6.07) is 5.45. The largest absolute Gasteiger partial charge is 0.480 e. The average Bonchev–Trinajstić information content (AvgIpc) is 2.57. The van der Waals surface area contributed by atoms with E-state index < -0.39 is 5.97 Å². The average molecular weight is 243 g/mol. The molecule has 2 aromatic rings. The second kappa shape index (κ2) is 4.08. The maximum Gasteiger partial charge on any atom is 0.341 e. The van der Waals surface area contributed by atoms with Crippen LogP contribution in [0.15, 0.2) is 23.6 Å². The Hall–Kier alpha value is -1.26. The summed E-state index contributed by atoms with van der Waals surface area (Å²) in [5.41, 5.74) is 0. The van der Waals surface area contributed by atoms with E-state index in [1.807, 2.05) is 6.07 Å². The fourth-order valence-corrected chi connectivity index (χ4v) is 2.26. The Labute approximate surface area is 94.9 Å². The molecule has 78 valence electrons. The standard InChI is InChI=1S/C10H7ClO3S/c11-6-1-2-9-7(3-6)8(5-15-9)14-4-10(12)13/h1-3,5H,4H2,(H,12,13). The third kappa shape index (κ3) is 2.22. The van der Waals surface area contributed by atoms with Crippen molar-refractivity contribution >= 4 is 39.0 Å². The molecule has 0 saturated carbocycles. The zero-order valence-corrected chi connectivity index (χ0v) is 9.14. The van der Waals surface area contributed by atoms with Crippen molar-refractivity contribution in [2.45, 2.75) is 0 Å². The number of hydrogen-bond donors (Lipinski definition) is 1. The number of rotatable bonds is 3. The number of hydrogen-bond acceptors (Lipinski definition) is 3. The zero-order valence-electron chi connectivity index (χ0n) is 7.57.